The Kier molecular flexibility index (Phi) is 5.11. The van der Waals surface area contributed by atoms with Crippen LogP contribution in [0.3, 0.4) is 0 Å². The largest absolute Gasteiger partial charge is 0.339 e. The standard InChI is InChI=1S/C17H16BrN3O2S/c1-11-9-13(3-4-14(11)18)21(2)16(22)6-5-15-19-17(20-23-15)12-7-8-24-10-12/h3-4,7-10H,5-6H2,1-2H3. The molecule has 0 spiro atoms. The molecule has 2 heterocycles. The number of aryl methyl sites for hydroxylation is 2. The number of aromatic nitrogens is 2. The predicted molar refractivity (Wildman–Crippen MR) is 98.2 cm³/mol. The molecule has 0 unspecified atom stereocenters. The van der Waals surface area contributed by atoms with Crippen molar-refractivity contribution in [3.8, 4) is 11.4 Å². The van der Waals surface area contributed by atoms with Crippen LogP contribution in [-0.2, 0) is 11.2 Å². The molecule has 0 aliphatic carbocycles. The van der Waals surface area contributed by atoms with Crippen LogP contribution in [0.25, 0.3) is 11.4 Å². The van der Waals surface area contributed by atoms with Crippen molar-refractivity contribution in [3.63, 3.8) is 0 Å². The highest BCUT2D eigenvalue weighted by molar-refractivity contribution is 9.10. The van der Waals surface area contributed by atoms with Crippen molar-refractivity contribution in [2.45, 2.75) is 19.8 Å². The highest BCUT2D eigenvalue weighted by Gasteiger charge is 2.15. The number of hydrogen-bond acceptors (Lipinski definition) is 5. The maximum absolute atomic E-state index is 12.4. The molecule has 3 rings (SSSR count). The summed E-state index contributed by atoms with van der Waals surface area (Å²) in [6, 6.07) is 7.77. The molecule has 0 aliphatic heterocycles. The Balaban J connectivity index is 1.61. The first kappa shape index (κ1) is 16.9. The molecule has 0 bridgehead atoms. The summed E-state index contributed by atoms with van der Waals surface area (Å²) in [6.45, 7) is 2.00. The molecule has 1 aromatic carbocycles. The van der Waals surface area contributed by atoms with Gasteiger partial charge < -0.3 is 9.42 Å². The lowest BCUT2D eigenvalue weighted by Crippen LogP contribution is -2.26. The molecule has 124 valence electrons. The predicted octanol–water partition coefficient (Wildman–Crippen LogP) is 4.46. The fourth-order valence-electron chi connectivity index (χ4n) is 2.23. The first-order valence-electron chi connectivity index (χ1n) is 7.42. The maximum atomic E-state index is 12.4. The maximum Gasteiger partial charge on any atom is 0.227 e. The second-order valence-electron chi connectivity index (χ2n) is 5.41. The van der Waals surface area contributed by atoms with Crippen LogP contribution < -0.4 is 4.90 Å². The molecule has 0 atom stereocenters. The van der Waals surface area contributed by atoms with E-state index in [1.165, 1.54) is 0 Å². The van der Waals surface area contributed by atoms with Crippen LogP contribution in [0.2, 0.25) is 0 Å². The fourth-order valence-corrected chi connectivity index (χ4v) is 3.11. The second-order valence-corrected chi connectivity index (χ2v) is 7.04. The van der Waals surface area contributed by atoms with Gasteiger partial charge in [0.25, 0.3) is 0 Å². The Morgan fingerprint density at radius 2 is 2.21 bits per heavy atom. The first-order valence-corrected chi connectivity index (χ1v) is 9.16. The van der Waals surface area contributed by atoms with E-state index in [0.29, 0.717) is 24.6 Å². The molecule has 0 N–H and O–H groups in total. The topological polar surface area (TPSA) is 59.2 Å². The van der Waals surface area contributed by atoms with Crippen molar-refractivity contribution in [2.24, 2.45) is 0 Å². The number of anilines is 1. The molecule has 3 aromatic rings. The van der Waals surface area contributed by atoms with Crippen LogP contribution in [0.4, 0.5) is 5.69 Å². The van der Waals surface area contributed by atoms with E-state index in [2.05, 4.69) is 26.1 Å². The van der Waals surface area contributed by atoms with Gasteiger partial charge in [-0.25, -0.2) is 0 Å². The van der Waals surface area contributed by atoms with Gasteiger partial charge in [-0.2, -0.15) is 16.3 Å². The molecule has 0 aliphatic rings. The molecule has 0 radical (unpaired) electrons. The quantitative estimate of drug-likeness (QED) is 0.628. The Bertz CT molecular complexity index is 845. The van der Waals surface area contributed by atoms with Crippen molar-refractivity contribution in [1.29, 1.82) is 0 Å². The number of thiophene rings is 1. The molecule has 0 saturated carbocycles. The van der Waals surface area contributed by atoms with E-state index in [4.69, 9.17) is 4.52 Å². The molecule has 0 fully saturated rings. The first-order chi connectivity index (χ1) is 11.5. The molecule has 7 heteroatoms. The minimum Gasteiger partial charge on any atom is -0.339 e. The van der Waals surface area contributed by atoms with E-state index >= 15 is 0 Å². The molecule has 0 saturated heterocycles. The highest BCUT2D eigenvalue weighted by Crippen LogP contribution is 2.23. The smallest absolute Gasteiger partial charge is 0.227 e. The van der Waals surface area contributed by atoms with E-state index in [-0.39, 0.29) is 5.91 Å². The molecule has 1 amide bonds. The van der Waals surface area contributed by atoms with Crippen molar-refractivity contribution >= 4 is 38.9 Å². The molecular weight excluding hydrogens is 390 g/mol. The van der Waals surface area contributed by atoms with Crippen molar-refractivity contribution in [1.82, 2.24) is 10.1 Å². The van der Waals surface area contributed by atoms with Gasteiger partial charge in [0, 0.05) is 41.0 Å². The minimum atomic E-state index is 0.00649. The van der Waals surface area contributed by atoms with E-state index in [1.54, 1.807) is 23.3 Å². The summed E-state index contributed by atoms with van der Waals surface area (Å²) >= 11 is 5.04. The van der Waals surface area contributed by atoms with E-state index in [9.17, 15) is 4.79 Å². The van der Waals surface area contributed by atoms with E-state index < -0.39 is 0 Å². The van der Waals surface area contributed by atoms with Crippen LogP contribution >= 0.6 is 27.3 Å². The zero-order valence-corrected chi connectivity index (χ0v) is 15.7. The second kappa shape index (κ2) is 7.27. The molecular formula is C17H16BrN3O2S. The third-order valence-corrected chi connectivity index (χ3v) is 5.28. The molecule has 24 heavy (non-hydrogen) atoms. The number of halogens is 1. The third-order valence-electron chi connectivity index (χ3n) is 3.70. The SMILES string of the molecule is Cc1cc(N(C)C(=O)CCc2nc(-c3ccsc3)no2)ccc1Br. The Morgan fingerprint density at radius 1 is 1.38 bits per heavy atom. The number of nitrogens with zero attached hydrogens (tertiary/aromatic N) is 3. The number of benzene rings is 1. The highest BCUT2D eigenvalue weighted by atomic mass is 79.9. The van der Waals surface area contributed by atoms with Gasteiger partial charge in [0.1, 0.15) is 0 Å². The average molecular weight is 406 g/mol. The van der Waals surface area contributed by atoms with Gasteiger partial charge in [-0.15, -0.1) is 0 Å². The summed E-state index contributed by atoms with van der Waals surface area (Å²) in [4.78, 5) is 18.4. The zero-order chi connectivity index (χ0) is 17.1. The van der Waals surface area contributed by atoms with Gasteiger partial charge in [0.15, 0.2) is 0 Å². The van der Waals surface area contributed by atoms with Crippen molar-refractivity contribution in [3.05, 3.63) is 51.0 Å². The minimum absolute atomic E-state index is 0.00649. The van der Waals surface area contributed by atoms with E-state index in [1.807, 2.05) is 41.9 Å². The summed E-state index contributed by atoms with van der Waals surface area (Å²) in [5, 5.41) is 7.88. The zero-order valence-electron chi connectivity index (χ0n) is 13.3. The lowest BCUT2D eigenvalue weighted by atomic mass is 10.2. The summed E-state index contributed by atoms with van der Waals surface area (Å²) in [5.41, 5.74) is 2.89. The lowest BCUT2D eigenvalue weighted by Gasteiger charge is -2.17. The Hall–Kier alpha value is -1.99. The summed E-state index contributed by atoms with van der Waals surface area (Å²) in [5.74, 6) is 1.05. The number of rotatable bonds is 5. The number of carbonyl (C=O) groups excluding carboxylic acids is 1. The lowest BCUT2D eigenvalue weighted by molar-refractivity contribution is -0.118. The van der Waals surface area contributed by atoms with E-state index in [0.717, 1.165) is 21.3 Å². The van der Waals surface area contributed by atoms with Crippen LogP contribution in [0.1, 0.15) is 17.9 Å². The summed E-state index contributed by atoms with van der Waals surface area (Å²) < 4.78 is 6.25. The average Bonchev–Trinajstić information content (AvgIpc) is 3.25. The van der Waals surface area contributed by atoms with Gasteiger partial charge in [-0.3, -0.25) is 4.79 Å². The Labute approximate surface area is 152 Å². The van der Waals surface area contributed by atoms with Gasteiger partial charge in [-0.05, 0) is 42.1 Å². The van der Waals surface area contributed by atoms with Crippen LogP contribution in [0.15, 0.2) is 44.0 Å². The van der Waals surface area contributed by atoms with Crippen LogP contribution in [0.5, 0.6) is 0 Å². The Morgan fingerprint density at radius 3 is 2.92 bits per heavy atom. The fraction of sp³-hybridized carbons (Fsp3) is 0.235. The number of amides is 1. The van der Waals surface area contributed by atoms with Crippen LogP contribution in [0, 0.1) is 6.92 Å². The third kappa shape index (κ3) is 3.73. The van der Waals surface area contributed by atoms with Crippen molar-refractivity contribution < 1.29 is 9.32 Å². The van der Waals surface area contributed by atoms with Gasteiger partial charge >= 0.3 is 0 Å². The monoisotopic (exact) mass is 405 g/mol. The van der Waals surface area contributed by atoms with Crippen molar-refractivity contribution in [2.75, 3.05) is 11.9 Å². The van der Waals surface area contributed by atoms with Gasteiger partial charge in [0.05, 0.1) is 0 Å². The molecule has 5 nitrogen and oxygen atoms in total. The van der Waals surface area contributed by atoms with Gasteiger partial charge in [-0.1, -0.05) is 21.1 Å². The summed E-state index contributed by atoms with van der Waals surface area (Å²) in [6.07, 6.45) is 0.743. The summed E-state index contributed by atoms with van der Waals surface area (Å²) in [7, 11) is 1.77. The van der Waals surface area contributed by atoms with Gasteiger partial charge in [0.2, 0.25) is 17.6 Å². The number of hydrogen-bond donors (Lipinski definition) is 0. The van der Waals surface area contributed by atoms with Crippen LogP contribution in [-0.4, -0.2) is 23.1 Å². The normalized spacial score (nSPS) is 10.8. The number of carbonyl (C=O) groups is 1. The molecule has 2 aromatic heterocycles.